The summed E-state index contributed by atoms with van der Waals surface area (Å²) in [5.74, 6) is 0.499. The minimum Gasteiger partial charge on any atom is -0.496 e. The van der Waals surface area contributed by atoms with Crippen LogP contribution in [0.3, 0.4) is 0 Å². The predicted octanol–water partition coefficient (Wildman–Crippen LogP) is 4.88. The summed E-state index contributed by atoms with van der Waals surface area (Å²) in [4.78, 5) is 23.0. The Kier molecular flexibility index (Phi) is 5.95. The van der Waals surface area contributed by atoms with E-state index >= 15 is 0 Å². The summed E-state index contributed by atoms with van der Waals surface area (Å²) in [7, 11) is 1.42. The van der Waals surface area contributed by atoms with Gasteiger partial charge in [-0.1, -0.05) is 41.9 Å². The second kappa shape index (κ2) is 8.97. The molecule has 0 aliphatic rings. The molecule has 0 radical (unpaired) electrons. The Bertz CT molecular complexity index is 1260. The molecule has 1 heterocycles. The van der Waals surface area contributed by atoms with Crippen molar-refractivity contribution >= 4 is 11.6 Å². The summed E-state index contributed by atoms with van der Waals surface area (Å²) in [6.07, 6.45) is 0. The molecule has 0 aliphatic heterocycles. The molecule has 0 saturated carbocycles. The van der Waals surface area contributed by atoms with Gasteiger partial charge in [0.1, 0.15) is 29.7 Å². The summed E-state index contributed by atoms with van der Waals surface area (Å²) in [6, 6.07) is 19.4. The van der Waals surface area contributed by atoms with Gasteiger partial charge in [-0.2, -0.15) is 4.98 Å². The molecular formula is C23H17ClFN3O3. The van der Waals surface area contributed by atoms with Crippen LogP contribution in [0.2, 0.25) is 5.02 Å². The number of ether oxygens (including phenoxy) is 2. The Balaban J connectivity index is 1.64. The molecule has 0 unspecified atom stereocenters. The molecule has 4 rings (SSSR count). The van der Waals surface area contributed by atoms with E-state index in [-0.39, 0.29) is 28.0 Å². The number of aromatic amines is 1. The minimum atomic E-state index is -0.654. The first-order valence-corrected chi connectivity index (χ1v) is 9.71. The van der Waals surface area contributed by atoms with Gasteiger partial charge >= 0.3 is 5.69 Å². The second-order valence-electron chi connectivity index (χ2n) is 6.56. The van der Waals surface area contributed by atoms with E-state index < -0.39 is 11.5 Å². The minimum absolute atomic E-state index is 0.0563. The zero-order valence-electron chi connectivity index (χ0n) is 16.4. The maximum absolute atomic E-state index is 14.0. The van der Waals surface area contributed by atoms with Crippen LogP contribution in [0.1, 0.15) is 5.56 Å². The van der Waals surface area contributed by atoms with Gasteiger partial charge in [0.05, 0.1) is 17.7 Å². The van der Waals surface area contributed by atoms with E-state index in [1.807, 2.05) is 30.3 Å². The standard InChI is InChI=1S/C23H17ClFN3O3/c1-30-18-12-11-17(25)20(24)19(18)22-26-21(27-23(29)28-22)15-7-9-16(10-8-15)31-13-14-5-3-2-4-6-14/h2-12H,13H2,1H3,(H,26,27,28,29). The number of nitrogens with one attached hydrogen (secondary N) is 1. The van der Waals surface area contributed by atoms with Crippen LogP contribution in [0.4, 0.5) is 4.39 Å². The fourth-order valence-corrected chi connectivity index (χ4v) is 3.24. The molecule has 4 aromatic rings. The molecular weight excluding hydrogens is 421 g/mol. The Hall–Kier alpha value is -3.71. The van der Waals surface area contributed by atoms with Crippen molar-refractivity contribution in [3.63, 3.8) is 0 Å². The number of rotatable bonds is 6. The van der Waals surface area contributed by atoms with Crippen molar-refractivity contribution in [2.24, 2.45) is 0 Å². The third-order valence-electron chi connectivity index (χ3n) is 4.52. The van der Waals surface area contributed by atoms with Crippen LogP contribution in [0.5, 0.6) is 11.5 Å². The lowest BCUT2D eigenvalue weighted by Gasteiger charge is -2.11. The summed E-state index contributed by atoms with van der Waals surface area (Å²) >= 11 is 6.11. The molecule has 31 heavy (non-hydrogen) atoms. The molecule has 3 aromatic carbocycles. The van der Waals surface area contributed by atoms with Crippen LogP contribution < -0.4 is 15.2 Å². The number of hydrogen-bond acceptors (Lipinski definition) is 5. The highest BCUT2D eigenvalue weighted by molar-refractivity contribution is 6.33. The number of aromatic nitrogens is 3. The van der Waals surface area contributed by atoms with Gasteiger partial charge in [-0.15, -0.1) is 0 Å². The number of halogens is 2. The van der Waals surface area contributed by atoms with Crippen molar-refractivity contribution in [2.75, 3.05) is 7.11 Å². The average Bonchev–Trinajstić information content (AvgIpc) is 2.80. The van der Waals surface area contributed by atoms with Crippen molar-refractivity contribution in [2.45, 2.75) is 6.61 Å². The van der Waals surface area contributed by atoms with Crippen molar-refractivity contribution in [3.05, 3.63) is 93.6 Å². The molecule has 1 aromatic heterocycles. The summed E-state index contributed by atoms with van der Waals surface area (Å²) in [5, 5.41) is -0.204. The van der Waals surface area contributed by atoms with Gasteiger partial charge < -0.3 is 9.47 Å². The van der Waals surface area contributed by atoms with Crippen molar-refractivity contribution in [1.82, 2.24) is 15.0 Å². The lowest BCUT2D eigenvalue weighted by molar-refractivity contribution is 0.306. The first kappa shape index (κ1) is 20.6. The molecule has 0 spiro atoms. The zero-order chi connectivity index (χ0) is 21.8. The maximum Gasteiger partial charge on any atom is 0.348 e. The zero-order valence-corrected chi connectivity index (χ0v) is 17.2. The monoisotopic (exact) mass is 437 g/mol. The fraction of sp³-hybridized carbons (Fsp3) is 0.0870. The number of nitrogens with zero attached hydrogens (tertiary/aromatic N) is 2. The van der Waals surface area contributed by atoms with Crippen LogP contribution in [0.25, 0.3) is 22.8 Å². The molecule has 0 aliphatic carbocycles. The van der Waals surface area contributed by atoms with Gasteiger partial charge in [0.25, 0.3) is 0 Å². The largest absolute Gasteiger partial charge is 0.496 e. The highest BCUT2D eigenvalue weighted by atomic mass is 35.5. The highest BCUT2D eigenvalue weighted by Gasteiger charge is 2.18. The normalized spacial score (nSPS) is 10.7. The first-order valence-electron chi connectivity index (χ1n) is 9.33. The van der Waals surface area contributed by atoms with Crippen LogP contribution in [0, 0.1) is 5.82 Å². The fourth-order valence-electron chi connectivity index (χ4n) is 3.00. The Morgan fingerprint density at radius 2 is 1.74 bits per heavy atom. The van der Waals surface area contributed by atoms with Gasteiger partial charge in [0, 0.05) is 5.56 Å². The maximum atomic E-state index is 14.0. The summed E-state index contributed by atoms with van der Waals surface area (Å²) in [5.41, 5.74) is 1.14. The smallest absolute Gasteiger partial charge is 0.348 e. The van der Waals surface area contributed by atoms with Gasteiger partial charge in [-0.25, -0.2) is 14.2 Å². The molecule has 156 valence electrons. The molecule has 0 amide bonds. The van der Waals surface area contributed by atoms with Crippen LogP contribution >= 0.6 is 11.6 Å². The van der Waals surface area contributed by atoms with Crippen molar-refractivity contribution in [3.8, 4) is 34.3 Å². The van der Waals surface area contributed by atoms with E-state index in [0.29, 0.717) is 17.9 Å². The van der Waals surface area contributed by atoms with Crippen molar-refractivity contribution in [1.29, 1.82) is 0 Å². The third kappa shape index (κ3) is 4.57. The second-order valence-corrected chi connectivity index (χ2v) is 6.94. The number of methoxy groups -OCH3 is 1. The number of benzene rings is 3. The Morgan fingerprint density at radius 3 is 2.45 bits per heavy atom. The molecule has 0 atom stereocenters. The Labute approximate surface area is 182 Å². The van der Waals surface area contributed by atoms with E-state index in [1.54, 1.807) is 24.3 Å². The lowest BCUT2D eigenvalue weighted by atomic mass is 10.1. The van der Waals surface area contributed by atoms with Gasteiger partial charge in [-0.3, -0.25) is 4.98 Å². The van der Waals surface area contributed by atoms with Crippen LogP contribution in [-0.2, 0) is 6.61 Å². The summed E-state index contributed by atoms with van der Waals surface area (Å²) < 4.78 is 25.0. The molecule has 8 heteroatoms. The van der Waals surface area contributed by atoms with Gasteiger partial charge in [0.15, 0.2) is 5.82 Å². The van der Waals surface area contributed by atoms with E-state index in [2.05, 4.69) is 15.0 Å². The van der Waals surface area contributed by atoms with Crippen LogP contribution in [0.15, 0.2) is 71.5 Å². The average molecular weight is 438 g/mol. The van der Waals surface area contributed by atoms with Gasteiger partial charge in [-0.05, 0) is 42.0 Å². The van der Waals surface area contributed by atoms with Crippen LogP contribution in [-0.4, -0.2) is 22.1 Å². The lowest BCUT2D eigenvalue weighted by Crippen LogP contribution is -2.15. The van der Waals surface area contributed by atoms with E-state index in [4.69, 9.17) is 21.1 Å². The molecule has 0 saturated heterocycles. The van der Waals surface area contributed by atoms with E-state index in [0.717, 1.165) is 5.56 Å². The predicted molar refractivity (Wildman–Crippen MR) is 116 cm³/mol. The molecule has 0 bridgehead atoms. The van der Waals surface area contributed by atoms with Gasteiger partial charge in [0.2, 0.25) is 0 Å². The van der Waals surface area contributed by atoms with E-state index in [9.17, 15) is 9.18 Å². The Morgan fingerprint density at radius 1 is 1.00 bits per heavy atom. The number of H-pyrrole nitrogens is 1. The summed E-state index contributed by atoms with van der Waals surface area (Å²) in [6.45, 7) is 0.434. The molecule has 1 N–H and O–H groups in total. The van der Waals surface area contributed by atoms with E-state index in [1.165, 1.54) is 19.2 Å². The SMILES string of the molecule is COc1ccc(F)c(Cl)c1-c1nc(-c2ccc(OCc3ccccc3)cc2)nc(=O)[nH]1. The first-order chi connectivity index (χ1) is 15.0. The molecule has 6 nitrogen and oxygen atoms in total. The topological polar surface area (TPSA) is 77.1 Å². The third-order valence-corrected chi connectivity index (χ3v) is 4.89. The number of hydrogen-bond donors (Lipinski definition) is 1. The van der Waals surface area contributed by atoms with Crippen molar-refractivity contribution < 1.29 is 13.9 Å². The highest BCUT2D eigenvalue weighted by Crippen LogP contribution is 2.36. The quantitative estimate of drug-likeness (QED) is 0.465. The molecule has 0 fully saturated rings.